The van der Waals surface area contributed by atoms with Crippen molar-refractivity contribution in [1.82, 2.24) is 0 Å². The highest BCUT2D eigenvalue weighted by atomic mass is 16.5. The van der Waals surface area contributed by atoms with Crippen LogP contribution in [0.25, 0.3) is 11.1 Å². The minimum Gasteiger partial charge on any atom is -0.369 e. The summed E-state index contributed by atoms with van der Waals surface area (Å²) in [4.78, 5) is 12.2. The Balaban J connectivity index is 1.99. The second-order valence-electron chi connectivity index (χ2n) is 6.93. The lowest BCUT2D eigenvalue weighted by Gasteiger charge is -2.19. The molecule has 0 saturated carbocycles. The van der Waals surface area contributed by atoms with E-state index < -0.39 is 5.41 Å². The van der Waals surface area contributed by atoms with Gasteiger partial charge >= 0.3 is 0 Å². The molecular weight excluding hydrogens is 286 g/mol. The van der Waals surface area contributed by atoms with E-state index in [2.05, 4.69) is 23.5 Å². The fraction of sp³-hybridized carbons (Fsp3) is 0.350. The van der Waals surface area contributed by atoms with E-state index in [9.17, 15) is 4.79 Å². The van der Waals surface area contributed by atoms with E-state index in [-0.39, 0.29) is 12.0 Å². The minimum atomic E-state index is -0.415. The molecule has 1 N–H and O–H groups in total. The molecule has 1 aliphatic rings. The first kappa shape index (κ1) is 15.8. The van der Waals surface area contributed by atoms with E-state index in [0.29, 0.717) is 6.61 Å². The SMILES string of the molecule is CCOC1c2ccccc2-c2ccc(NC(=O)C(C)(C)C)cc21. The number of hydrogen-bond acceptors (Lipinski definition) is 2. The molecule has 0 spiro atoms. The van der Waals surface area contributed by atoms with Crippen molar-refractivity contribution in [3.8, 4) is 11.1 Å². The Labute approximate surface area is 137 Å². The molecular formula is C20H23NO2. The molecule has 0 fully saturated rings. The third-order valence-corrected chi connectivity index (χ3v) is 4.14. The van der Waals surface area contributed by atoms with Gasteiger partial charge in [-0.25, -0.2) is 0 Å². The monoisotopic (exact) mass is 309 g/mol. The van der Waals surface area contributed by atoms with Gasteiger partial charge in [0.2, 0.25) is 5.91 Å². The maximum absolute atomic E-state index is 12.2. The predicted molar refractivity (Wildman–Crippen MR) is 93.4 cm³/mol. The van der Waals surface area contributed by atoms with Crippen LogP contribution in [0.3, 0.4) is 0 Å². The molecule has 1 amide bonds. The van der Waals surface area contributed by atoms with Crippen LogP contribution >= 0.6 is 0 Å². The third kappa shape index (κ3) is 2.89. The van der Waals surface area contributed by atoms with Crippen LogP contribution in [0.5, 0.6) is 0 Å². The Morgan fingerprint density at radius 3 is 2.48 bits per heavy atom. The fourth-order valence-corrected chi connectivity index (χ4v) is 2.91. The van der Waals surface area contributed by atoms with Crippen LogP contribution in [0.1, 0.15) is 44.9 Å². The molecule has 2 aromatic carbocycles. The van der Waals surface area contributed by atoms with E-state index >= 15 is 0 Å². The summed E-state index contributed by atoms with van der Waals surface area (Å²) in [6.45, 7) is 8.39. The summed E-state index contributed by atoms with van der Waals surface area (Å²) in [5.74, 6) is 0.0147. The van der Waals surface area contributed by atoms with Crippen molar-refractivity contribution < 1.29 is 9.53 Å². The van der Waals surface area contributed by atoms with Crippen molar-refractivity contribution in [2.24, 2.45) is 5.41 Å². The zero-order valence-corrected chi connectivity index (χ0v) is 14.1. The van der Waals surface area contributed by atoms with Gasteiger partial charge in [-0.3, -0.25) is 4.79 Å². The molecule has 0 heterocycles. The first-order chi connectivity index (χ1) is 10.9. The summed E-state index contributed by atoms with van der Waals surface area (Å²) in [6, 6.07) is 14.4. The molecule has 3 nitrogen and oxygen atoms in total. The van der Waals surface area contributed by atoms with Crippen LogP contribution in [0.4, 0.5) is 5.69 Å². The smallest absolute Gasteiger partial charge is 0.229 e. The highest BCUT2D eigenvalue weighted by Crippen LogP contribution is 2.46. The average molecular weight is 309 g/mol. The number of benzene rings is 2. The van der Waals surface area contributed by atoms with Crippen LogP contribution in [-0.4, -0.2) is 12.5 Å². The summed E-state index contributed by atoms with van der Waals surface area (Å²) in [5.41, 5.74) is 5.13. The quantitative estimate of drug-likeness (QED) is 0.886. The summed E-state index contributed by atoms with van der Waals surface area (Å²) < 4.78 is 5.97. The van der Waals surface area contributed by atoms with E-state index in [1.807, 2.05) is 52.0 Å². The molecule has 0 saturated heterocycles. The molecule has 0 aromatic heterocycles. The van der Waals surface area contributed by atoms with Crippen molar-refractivity contribution in [2.45, 2.75) is 33.8 Å². The second-order valence-corrected chi connectivity index (χ2v) is 6.93. The Bertz CT molecular complexity index is 744. The maximum atomic E-state index is 12.2. The van der Waals surface area contributed by atoms with Crippen LogP contribution in [0.2, 0.25) is 0 Å². The molecule has 3 rings (SSSR count). The van der Waals surface area contributed by atoms with Crippen molar-refractivity contribution in [3.05, 3.63) is 53.6 Å². The van der Waals surface area contributed by atoms with Gasteiger partial charge in [0.1, 0.15) is 6.10 Å². The Hall–Kier alpha value is -2.13. The van der Waals surface area contributed by atoms with Gasteiger partial charge < -0.3 is 10.1 Å². The van der Waals surface area contributed by atoms with Crippen LogP contribution in [-0.2, 0) is 9.53 Å². The molecule has 2 aromatic rings. The lowest BCUT2D eigenvalue weighted by molar-refractivity contribution is -0.123. The lowest BCUT2D eigenvalue weighted by Crippen LogP contribution is -2.27. The second kappa shape index (κ2) is 5.82. The van der Waals surface area contributed by atoms with E-state index in [4.69, 9.17) is 4.74 Å². The topological polar surface area (TPSA) is 38.3 Å². The maximum Gasteiger partial charge on any atom is 0.229 e. The zero-order chi connectivity index (χ0) is 16.6. The molecule has 120 valence electrons. The van der Waals surface area contributed by atoms with E-state index in [0.717, 1.165) is 11.3 Å². The number of fused-ring (bicyclic) bond motifs is 3. The standard InChI is InChI=1S/C20H23NO2/c1-5-23-18-16-9-7-6-8-14(16)15-11-10-13(12-17(15)18)21-19(22)20(2,3)4/h6-12,18H,5H2,1-4H3,(H,21,22). The van der Waals surface area contributed by atoms with Gasteiger partial charge in [0, 0.05) is 17.7 Å². The van der Waals surface area contributed by atoms with Crippen molar-refractivity contribution in [3.63, 3.8) is 0 Å². The van der Waals surface area contributed by atoms with Gasteiger partial charge in [-0.05, 0) is 41.3 Å². The summed E-state index contributed by atoms with van der Waals surface area (Å²) in [7, 11) is 0. The van der Waals surface area contributed by atoms with Crippen LogP contribution < -0.4 is 5.32 Å². The predicted octanol–water partition coefficient (Wildman–Crippen LogP) is 4.78. The first-order valence-corrected chi connectivity index (χ1v) is 8.08. The Morgan fingerprint density at radius 2 is 1.78 bits per heavy atom. The molecule has 23 heavy (non-hydrogen) atoms. The van der Waals surface area contributed by atoms with Crippen molar-refractivity contribution in [1.29, 1.82) is 0 Å². The highest BCUT2D eigenvalue weighted by molar-refractivity contribution is 5.95. The number of rotatable bonds is 3. The number of carbonyl (C=O) groups excluding carboxylic acids is 1. The van der Waals surface area contributed by atoms with Crippen molar-refractivity contribution in [2.75, 3.05) is 11.9 Å². The number of ether oxygens (including phenoxy) is 1. The Morgan fingerprint density at radius 1 is 1.09 bits per heavy atom. The van der Waals surface area contributed by atoms with Gasteiger partial charge in [-0.1, -0.05) is 51.1 Å². The number of amides is 1. The fourth-order valence-electron chi connectivity index (χ4n) is 2.91. The number of nitrogens with one attached hydrogen (secondary N) is 1. The normalized spacial score (nSPS) is 15.9. The molecule has 3 heteroatoms. The lowest BCUT2D eigenvalue weighted by atomic mass is 9.95. The van der Waals surface area contributed by atoms with E-state index in [1.165, 1.54) is 16.7 Å². The van der Waals surface area contributed by atoms with Gasteiger partial charge in [0.05, 0.1) is 0 Å². The Kier molecular flexibility index (Phi) is 3.99. The molecule has 0 radical (unpaired) electrons. The molecule has 1 unspecified atom stereocenters. The first-order valence-electron chi connectivity index (χ1n) is 8.08. The molecule has 0 bridgehead atoms. The minimum absolute atomic E-state index is 0.0147. The number of anilines is 1. The van der Waals surface area contributed by atoms with Gasteiger partial charge in [0.25, 0.3) is 0 Å². The molecule has 0 aliphatic heterocycles. The molecule has 1 atom stereocenters. The van der Waals surface area contributed by atoms with Crippen LogP contribution in [0, 0.1) is 5.41 Å². The van der Waals surface area contributed by atoms with Crippen molar-refractivity contribution >= 4 is 11.6 Å². The highest BCUT2D eigenvalue weighted by Gasteiger charge is 2.29. The summed E-state index contributed by atoms with van der Waals surface area (Å²) in [5, 5.41) is 3.01. The van der Waals surface area contributed by atoms with Crippen LogP contribution in [0.15, 0.2) is 42.5 Å². The van der Waals surface area contributed by atoms with Gasteiger partial charge in [0.15, 0.2) is 0 Å². The van der Waals surface area contributed by atoms with Gasteiger partial charge in [-0.2, -0.15) is 0 Å². The number of carbonyl (C=O) groups is 1. The zero-order valence-electron chi connectivity index (χ0n) is 14.1. The molecule has 1 aliphatic carbocycles. The largest absolute Gasteiger partial charge is 0.369 e. The van der Waals surface area contributed by atoms with Gasteiger partial charge in [-0.15, -0.1) is 0 Å². The summed E-state index contributed by atoms with van der Waals surface area (Å²) >= 11 is 0. The van der Waals surface area contributed by atoms with E-state index in [1.54, 1.807) is 0 Å². The third-order valence-electron chi connectivity index (χ3n) is 4.14. The number of hydrogen-bond donors (Lipinski definition) is 1. The summed E-state index contributed by atoms with van der Waals surface area (Å²) in [6.07, 6.45) is -0.0577. The average Bonchev–Trinajstić information content (AvgIpc) is 2.81.